The molecule has 3 heterocycles. The Bertz CT molecular complexity index is 1060. The molecule has 1 aliphatic carbocycles. The van der Waals surface area contributed by atoms with Gasteiger partial charge in [-0.15, -0.1) is 0 Å². The summed E-state index contributed by atoms with van der Waals surface area (Å²) in [5.74, 6) is 2.71. The van der Waals surface area contributed by atoms with Gasteiger partial charge in [0.2, 0.25) is 0 Å². The van der Waals surface area contributed by atoms with Crippen LogP contribution in [0, 0.1) is 0 Å². The molecule has 0 amide bonds. The third-order valence-electron chi connectivity index (χ3n) is 6.60. The molecule has 2 N–H and O–H groups in total. The van der Waals surface area contributed by atoms with Crippen molar-refractivity contribution in [2.24, 2.45) is 0 Å². The maximum absolute atomic E-state index is 6.18. The number of anilines is 1. The molecule has 0 radical (unpaired) electrons. The van der Waals surface area contributed by atoms with Crippen LogP contribution < -0.4 is 10.1 Å². The largest absolute Gasteiger partial charge is 0.491 e. The second kappa shape index (κ2) is 7.29. The fourth-order valence-electron chi connectivity index (χ4n) is 4.87. The highest BCUT2D eigenvalue weighted by Gasteiger charge is 2.37. The van der Waals surface area contributed by atoms with Crippen LogP contribution >= 0.6 is 0 Å². The van der Waals surface area contributed by atoms with Crippen LogP contribution in [0.2, 0.25) is 0 Å². The molecule has 0 spiro atoms. The maximum atomic E-state index is 6.18. The van der Waals surface area contributed by atoms with Crippen LogP contribution in [0.5, 0.6) is 5.75 Å². The van der Waals surface area contributed by atoms with Gasteiger partial charge >= 0.3 is 0 Å². The molecule has 1 aromatic heterocycles. The Balaban J connectivity index is 1.38. The van der Waals surface area contributed by atoms with Crippen LogP contribution in [0.3, 0.4) is 0 Å². The predicted molar refractivity (Wildman–Crippen MR) is 117 cm³/mol. The van der Waals surface area contributed by atoms with Crippen LogP contribution in [0.1, 0.15) is 43.1 Å². The highest BCUT2D eigenvalue weighted by Crippen LogP contribution is 2.41. The van der Waals surface area contributed by atoms with Crippen molar-refractivity contribution in [2.45, 2.75) is 43.9 Å². The normalized spacial score (nSPS) is 26.9. The van der Waals surface area contributed by atoms with Crippen molar-refractivity contribution in [2.75, 3.05) is 31.6 Å². The lowest BCUT2D eigenvalue weighted by atomic mass is 9.94. The molecule has 2 aliphatic heterocycles. The lowest BCUT2D eigenvalue weighted by Gasteiger charge is -2.44. The van der Waals surface area contributed by atoms with Gasteiger partial charge in [-0.2, -0.15) is 0 Å². The van der Waals surface area contributed by atoms with E-state index in [1.165, 1.54) is 18.4 Å². The van der Waals surface area contributed by atoms with Gasteiger partial charge in [0.1, 0.15) is 23.7 Å². The van der Waals surface area contributed by atoms with Crippen LogP contribution in [0.4, 0.5) is 5.69 Å². The number of hydrogen-bond donors (Lipinski definition) is 2. The van der Waals surface area contributed by atoms with E-state index >= 15 is 0 Å². The van der Waals surface area contributed by atoms with Crippen molar-refractivity contribution in [3.63, 3.8) is 0 Å². The highest BCUT2D eigenvalue weighted by molar-refractivity contribution is 5.88. The van der Waals surface area contributed by atoms with Gasteiger partial charge in [-0.1, -0.05) is 24.3 Å². The Morgan fingerprint density at radius 3 is 2.90 bits per heavy atom. The maximum Gasteiger partial charge on any atom is 0.124 e. The summed E-state index contributed by atoms with van der Waals surface area (Å²) in [6.45, 7) is 5.44. The Morgan fingerprint density at radius 2 is 2.03 bits per heavy atom. The third kappa shape index (κ3) is 3.24. The minimum atomic E-state index is 0.131. The quantitative estimate of drug-likeness (QED) is 0.686. The van der Waals surface area contributed by atoms with Gasteiger partial charge in [0.25, 0.3) is 0 Å². The molecule has 6 rings (SSSR count). The Labute approximate surface area is 176 Å². The number of nitrogens with one attached hydrogen (secondary N) is 2. The number of imidazole rings is 1. The number of fused-ring (bicyclic) bond motifs is 2. The molecule has 3 atom stereocenters. The lowest BCUT2D eigenvalue weighted by Crippen LogP contribution is -2.54. The van der Waals surface area contributed by atoms with E-state index < -0.39 is 0 Å². The van der Waals surface area contributed by atoms with Gasteiger partial charge < -0.3 is 19.8 Å². The van der Waals surface area contributed by atoms with E-state index in [0.717, 1.165) is 48.0 Å². The number of hydrogen-bond acceptors (Lipinski definition) is 5. The minimum absolute atomic E-state index is 0.131. The molecular weight excluding hydrogens is 376 g/mol. The SMILES string of the molecule is CC1CN(C2COc3ccccc3C2Nc2cccc3[nH]c(C4CC4)nc23)CCO1. The Morgan fingerprint density at radius 1 is 1.13 bits per heavy atom. The first-order valence-electron chi connectivity index (χ1n) is 11.1. The zero-order valence-corrected chi connectivity index (χ0v) is 17.3. The number of rotatable bonds is 4. The molecule has 156 valence electrons. The summed E-state index contributed by atoms with van der Waals surface area (Å²) in [6.07, 6.45) is 2.73. The van der Waals surface area contributed by atoms with Gasteiger partial charge in [0.05, 0.1) is 36.0 Å². The molecule has 6 nitrogen and oxygen atoms in total. The smallest absolute Gasteiger partial charge is 0.124 e. The number of H-pyrrole nitrogens is 1. The summed E-state index contributed by atoms with van der Waals surface area (Å²) in [6, 6.07) is 15.2. The molecule has 3 aliphatic rings. The average Bonchev–Trinajstić information content (AvgIpc) is 3.53. The van der Waals surface area contributed by atoms with Crippen LogP contribution in [0.25, 0.3) is 11.0 Å². The van der Waals surface area contributed by atoms with E-state index in [1.54, 1.807) is 0 Å². The van der Waals surface area contributed by atoms with Crippen LogP contribution in [-0.4, -0.2) is 53.3 Å². The summed E-state index contributed by atoms with van der Waals surface area (Å²) in [5.41, 5.74) is 4.45. The van der Waals surface area contributed by atoms with Crippen LogP contribution in [0.15, 0.2) is 42.5 Å². The highest BCUT2D eigenvalue weighted by atomic mass is 16.5. The van der Waals surface area contributed by atoms with Crippen LogP contribution in [-0.2, 0) is 4.74 Å². The van der Waals surface area contributed by atoms with E-state index in [1.807, 2.05) is 6.07 Å². The number of morpholine rings is 1. The van der Waals surface area contributed by atoms with Crippen molar-refractivity contribution in [1.29, 1.82) is 0 Å². The first kappa shape index (κ1) is 18.2. The summed E-state index contributed by atoms with van der Waals surface area (Å²) in [7, 11) is 0. The summed E-state index contributed by atoms with van der Waals surface area (Å²) < 4.78 is 12.0. The molecule has 6 heteroatoms. The Kier molecular flexibility index (Phi) is 4.43. The zero-order valence-electron chi connectivity index (χ0n) is 17.3. The topological polar surface area (TPSA) is 62.4 Å². The number of ether oxygens (including phenoxy) is 2. The molecule has 0 bridgehead atoms. The van der Waals surface area contributed by atoms with E-state index in [9.17, 15) is 0 Å². The number of nitrogens with zero attached hydrogens (tertiary/aromatic N) is 2. The Hall–Kier alpha value is -2.57. The van der Waals surface area contributed by atoms with Crippen molar-refractivity contribution >= 4 is 16.7 Å². The van der Waals surface area contributed by atoms with Gasteiger partial charge in [0.15, 0.2) is 0 Å². The second-order valence-electron chi connectivity index (χ2n) is 8.81. The molecule has 2 fully saturated rings. The summed E-state index contributed by atoms with van der Waals surface area (Å²) >= 11 is 0. The number of para-hydroxylation sites is 2. The molecule has 30 heavy (non-hydrogen) atoms. The van der Waals surface area contributed by atoms with Crippen molar-refractivity contribution in [1.82, 2.24) is 14.9 Å². The first-order chi connectivity index (χ1) is 14.8. The van der Waals surface area contributed by atoms with Crippen molar-refractivity contribution in [3.8, 4) is 5.75 Å². The average molecular weight is 405 g/mol. The summed E-state index contributed by atoms with van der Waals surface area (Å²) in [4.78, 5) is 11.0. The van der Waals surface area contributed by atoms with Gasteiger partial charge in [0, 0.05) is 24.6 Å². The third-order valence-corrected chi connectivity index (χ3v) is 6.60. The predicted octanol–water partition coefficient (Wildman–Crippen LogP) is 4.08. The molecule has 3 aromatic rings. The van der Waals surface area contributed by atoms with E-state index in [4.69, 9.17) is 14.5 Å². The van der Waals surface area contributed by atoms with Gasteiger partial charge in [-0.05, 0) is 38.0 Å². The lowest BCUT2D eigenvalue weighted by molar-refractivity contribution is -0.0465. The van der Waals surface area contributed by atoms with Crippen molar-refractivity contribution < 1.29 is 9.47 Å². The monoisotopic (exact) mass is 404 g/mol. The zero-order chi connectivity index (χ0) is 20.1. The standard InChI is InChI=1S/C24H28N4O2/c1-15-13-28(11-12-29-15)20-14-30-21-8-3-2-5-17(21)22(20)25-18-6-4-7-19-23(18)27-24(26-19)16-9-10-16/h2-8,15-16,20,22,25H,9-14H2,1H3,(H,26,27). The van der Waals surface area contributed by atoms with E-state index in [0.29, 0.717) is 12.5 Å². The number of aromatic nitrogens is 2. The summed E-state index contributed by atoms with van der Waals surface area (Å²) in [5, 5.41) is 3.87. The number of aromatic amines is 1. The van der Waals surface area contributed by atoms with E-state index in [-0.39, 0.29) is 18.2 Å². The van der Waals surface area contributed by atoms with Gasteiger partial charge in [-0.3, -0.25) is 4.90 Å². The van der Waals surface area contributed by atoms with Gasteiger partial charge in [-0.25, -0.2) is 4.98 Å². The molecule has 1 saturated heterocycles. The molecule has 3 unspecified atom stereocenters. The van der Waals surface area contributed by atoms with Crippen molar-refractivity contribution in [3.05, 3.63) is 53.9 Å². The molecular formula is C24H28N4O2. The number of benzene rings is 2. The fraction of sp³-hybridized carbons (Fsp3) is 0.458. The minimum Gasteiger partial charge on any atom is -0.491 e. The fourth-order valence-corrected chi connectivity index (χ4v) is 4.87. The second-order valence-corrected chi connectivity index (χ2v) is 8.81. The molecule has 2 aromatic carbocycles. The van der Waals surface area contributed by atoms with E-state index in [2.05, 4.69) is 58.5 Å². The first-order valence-corrected chi connectivity index (χ1v) is 11.1. The molecule has 1 saturated carbocycles.